The van der Waals surface area contributed by atoms with Gasteiger partial charge >= 0.3 is 6.09 Å². The van der Waals surface area contributed by atoms with Gasteiger partial charge in [-0.05, 0) is 63.1 Å². The van der Waals surface area contributed by atoms with E-state index in [-0.39, 0.29) is 18.9 Å². The van der Waals surface area contributed by atoms with Crippen molar-refractivity contribution < 1.29 is 18.7 Å². The minimum atomic E-state index is -1.02. The molecular formula is C23H25N5O4. The van der Waals surface area contributed by atoms with E-state index in [0.717, 1.165) is 16.8 Å². The number of ether oxygens (including phenoxy) is 1. The highest BCUT2D eigenvalue weighted by Crippen LogP contribution is 2.25. The molecule has 2 amide bonds. The Kier molecular flexibility index (Phi) is 6.73. The van der Waals surface area contributed by atoms with Gasteiger partial charge in [-0.2, -0.15) is 5.26 Å². The van der Waals surface area contributed by atoms with E-state index in [1.807, 2.05) is 43.3 Å². The number of nitriles is 1. The number of hydrogen-bond donors (Lipinski definition) is 2. The molecule has 0 saturated heterocycles. The zero-order chi connectivity index (χ0) is 23.3. The van der Waals surface area contributed by atoms with Crippen LogP contribution in [-0.2, 0) is 16.0 Å². The first-order valence-corrected chi connectivity index (χ1v) is 10.1. The number of pyridine rings is 1. The number of nitrogens with zero attached hydrogens (tertiary/aromatic N) is 3. The van der Waals surface area contributed by atoms with E-state index in [2.05, 4.69) is 20.6 Å². The second kappa shape index (κ2) is 9.47. The molecule has 0 radical (unpaired) electrons. The molecule has 9 nitrogen and oxygen atoms in total. The SMILES string of the molecule is Cc1cc(-c2ccc3nc(C[C@H](NC(=O)OC(C)(C)C)C(=O)NCC#N)oc3c2)ccn1. The largest absolute Gasteiger partial charge is 0.444 e. The molecule has 1 atom stereocenters. The number of rotatable bonds is 6. The Morgan fingerprint density at radius 2 is 1.97 bits per heavy atom. The highest BCUT2D eigenvalue weighted by atomic mass is 16.6. The van der Waals surface area contributed by atoms with Gasteiger partial charge in [0.15, 0.2) is 11.5 Å². The summed E-state index contributed by atoms with van der Waals surface area (Å²) in [6, 6.07) is 10.3. The fourth-order valence-corrected chi connectivity index (χ4v) is 3.05. The summed E-state index contributed by atoms with van der Waals surface area (Å²) < 4.78 is 11.1. The molecule has 2 N–H and O–H groups in total. The molecule has 166 valence electrons. The Hall–Kier alpha value is -3.93. The highest BCUT2D eigenvalue weighted by Gasteiger charge is 2.26. The summed E-state index contributed by atoms with van der Waals surface area (Å²) in [6.45, 7) is 6.90. The van der Waals surface area contributed by atoms with Gasteiger partial charge in [-0.3, -0.25) is 9.78 Å². The maximum Gasteiger partial charge on any atom is 0.408 e. The average molecular weight is 435 g/mol. The minimum Gasteiger partial charge on any atom is -0.444 e. The fourth-order valence-electron chi connectivity index (χ4n) is 3.05. The van der Waals surface area contributed by atoms with Crippen molar-refractivity contribution in [1.29, 1.82) is 5.26 Å². The number of oxazole rings is 1. The van der Waals surface area contributed by atoms with Gasteiger partial charge in [-0.15, -0.1) is 0 Å². The van der Waals surface area contributed by atoms with Gasteiger partial charge in [0.05, 0.1) is 12.5 Å². The van der Waals surface area contributed by atoms with Crippen LogP contribution in [0.4, 0.5) is 4.79 Å². The van der Waals surface area contributed by atoms with E-state index in [4.69, 9.17) is 14.4 Å². The van der Waals surface area contributed by atoms with Gasteiger partial charge in [0.1, 0.15) is 23.7 Å². The van der Waals surface area contributed by atoms with E-state index in [0.29, 0.717) is 11.1 Å². The van der Waals surface area contributed by atoms with Crippen molar-refractivity contribution in [3.05, 3.63) is 48.1 Å². The Bertz CT molecular complexity index is 1170. The van der Waals surface area contributed by atoms with Gasteiger partial charge in [0.25, 0.3) is 0 Å². The molecular weight excluding hydrogens is 410 g/mol. The van der Waals surface area contributed by atoms with Crippen molar-refractivity contribution in [3.8, 4) is 17.2 Å². The predicted octanol–water partition coefficient (Wildman–Crippen LogP) is 3.27. The molecule has 3 rings (SSSR count). The molecule has 0 aliphatic heterocycles. The van der Waals surface area contributed by atoms with Crippen molar-refractivity contribution in [3.63, 3.8) is 0 Å². The molecule has 1 aromatic carbocycles. The summed E-state index contributed by atoms with van der Waals surface area (Å²) in [7, 11) is 0. The maximum atomic E-state index is 12.5. The highest BCUT2D eigenvalue weighted by molar-refractivity contribution is 5.86. The van der Waals surface area contributed by atoms with Crippen LogP contribution in [0.5, 0.6) is 0 Å². The van der Waals surface area contributed by atoms with Crippen LogP contribution in [0.3, 0.4) is 0 Å². The number of aryl methyl sites for hydroxylation is 1. The summed E-state index contributed by atoms with van der Waals surface area (Å²) in [6.07, 6.45) is 0.989. The summed E-state index contributed by atoms with van der Waals surface area (Å²) in [5.41, 5.74) is 3.30. The average Bonchev–Trinajstić information content (AvgIpc) is 3.11. The van der Waals surface area contributed by atoms with Crippen molar-refractivity contribution in [2.45, 2.75) is 45.8 Å². The lowest BCUT2D eigenvalue weighted by atomic mass is 10.1. The topological polar surface area (TPSA) is 130 Å². The Morgan fingerprint density at radius 3 is 2.66 bits per heavy atom. The number of nitrogens with one attached hydrogen (secondary N) is 2. The monoisotopic (exact) mass is 435 g/mol. The first kappa shape index (κ1) is 22.7. The number of aromatic nitrogens is 2. The molecule has 32 heavy (non-hydrogen) atoms. The van der Waals surface area contributed by atoms with Crippen molar-refractivity contribution in [2.75, 3.05) is 6.54 Å². The van der Waals surface area contributed by atoms with Crippen LogP contribution in [0.2, 0.25) is 0 Å². The predicted molar refractivity (Wildman–Crippen MR) is 117 cm³/mol. The zero-order valence-corrected chi connectivity index (χ0v) is 18.4. The molecule has 0 bridgehead atoms. The third kappa shape index (κ3) is 6.04. The Morgan fingerprint density at radius 1 is 1.22 bits per heavy atom. The van der Waals surface area contributed by atoms with Crippen LogP contribution >= 0.6 is 0 Å². The summed E-state index contributed by atoms with van der Waals surface area (Å²) in [4.78, 5) is 33.3. The van der Waals surface area contributed by atoms with Crippen LogP contribution in [0.1, 0.15) is 32.4 Å². The van der Waals surface area contributed by atoms with Crippen LogP contribution in [0.25, 0.3) is 22.2 Å². The normalized spacial score (nSPS) is 12.1. The molecule has 0 aliphatic rings. The van der Waals surface area contributed by atoms with Gasteiger partial charge in [-0.1, -0.05) is 6.07 Å². The molecule has 0 aliphatic carbocycles. The number of carbonyl (C=O) groups is 2. The minimum absolute atomic E-state index is 0.00508. The molecule has 0 spiro atoms. The van der Waals surface area contributed by atoms with E-state index < -0.39 is 23.6 Å². The van der Waals surface area contributed by atoms with E-state index in [9.17, 15) is 9.59 Å². The van der Waals surface area contributed by atoms with Crippen LogP contribution < -0.4 is 10.6 Å². The van der Waals surface area contributed by atoms with E-state index in [1.165, 1.54) is 0 Å². The van der Waals surface area contributed by atoms with E-state index >= 15 is 0 Å². The number of amides is 2. The van der Waals surface area contributed by atoms with Gasteiger partial charge in [0.2, 0.25) is 5.91 Å². The van der Waals surface area contributed by atoms with Gasteiger partial charge in [-0.25, -0.2) is 9.78 Å². The third-order valence-electron chi connectivity index (χ3n) is 4.39. The fraction of sp³-hybridized carbons (Fsp3) is 0.348. The quantitative estimate of drug-likeness (QED) is 0.568. The Labute approximate surface area is 185 Å². The van der Waals surface area contributed by atoms with Crippen molar-refractivity contribution in [1.82, 2.24) is 20.6 Å². The molecule has 2 aromatic heterocycles. The van der Waals surface area contributed by atoms with Crippen LogP contribution in [0.15, 0.2) is 40.9 Å². The Balaban J connectivity index is 1.82. The molecule has 0 fully saturated rings. The second-order valence-corrected chi connectivity index (χ2v) is 8.25. The van der Waals surface area contributed by atoms with Crippen molar-refractivity contribution >= 4 is 23.1 Å². The number of carbonyl (C=O) groups excluding carboxylic acids is 2. The van der Waals surface area contributed by atoms with Gasteiger partial charge < -0.3 is 19.8 Å². The summed E-state index contributed by atoms with van der Waals surface area (Å²) in [5.74, 6) is -0.260. The smallest absolute Gasteiger partial charge is 0.408 e. The lowest BCUT2D eigenvalue weighted by Crippen LogP contribution is -2.49. The maximum absolute atomic E-state index is 12.5. The second-order valence-electron chi connectivity index (χ2n) is 8.25. The molecule has 9 heteroatoms. The van der Waals surface area contributed by atoms with Crippen LogP contribution in [0, 0.1) is 18.3 Å². The van der Waals surface area contributed by atoms with Crippen molar-refractivity contribution in [2.24, 2.45) is 0 Å². The van der Waals surface area contributed by atoms with Gasteiger partial charge in [0, 0.05) is 11.9 Å². The zero-order valence-electron chi connectivity index (χ0n) is 18.4. The number of alkyl carbamates (subject to hydrolysis) is 1. The lowest BCUT2D eigenvalue weighted by molar-refractivity contribution is -0.123. The number of hydrogen-bond acceptors (Lipinski definition) is 7. The first-order chi connectivity index (χ1) is 15.1. The lowest BCUT2D eigenvalue weighted by Gasteiger charge is -2.22. The summed E-state index contributed by atoms with van der Waals surface area (Å²) in [5, 5.41) is 13.7. The molecule has 0 saturated carbocycles. The molecule has 2 heterocycles. The number of benzene rings is 1. The summed E-state index contributed by atoms with van der Waals surface area (Å²) >= 11 is 0. The van der Waals surface area contributed by atoms with Crippen LogP contribution in [-0.4, -0.2) is 40.2 Å². The molecule has 3 aromatic rings. The van der Waals surface area contributed by atoms with E-state index in [1.54, 1.807) is 27.0 Å². The molecule has 0 unspecified atom stereocenters. The first-order valence-electron chi connectivity index (χ1n) is 10.1. The third-order valence-corrected chi connectivity index (χ3v) is 4.39. The standard InChI is InChI=1S/C23H25N5O4/c1-14-11-16(7-9-25-14)15-5-6-17-19(12-15)31-20(27-17)13-18(21(29)26-10-8-24)28-22(30)32-23(2,3)4/h5-7,9,11-12,18H,10,13H2,1-4H3,(H,26,29)(H,28,30)/t18-/m0/s1. The number of fused-ring (bicyclic) bond motifs is 1.